The van der Waals surface area contributed by atoms with Crippen molar-refractivity contribution in [3.8, 4) is 5.75 Å². The molecule has 1 aliphatic carbocycles. The molecule has 1 atom stereocenters. The van der Waals surface area contributed by atoms with Crippen molar-refractivity contribution in [2.24, 2.45) is 0 Å². The highest BCUT2D eigenvalue weighted by Gasteiger charge is 2.48. The van der Waals surface area contributed by atoms with Crippen molar-refractivity contribution >= 4 is 40.7 Å². The van der Waals surface area contributed by atoms with Gasteiger partial charge in [-0.15, -0.1) is 0 Å². The molecule has 1 saturated heterocycles. The summed E-state index contributed by atoms with van der Waals surface area (Å²) in [6, 6.07) is 4.17. The monoisotopic (exact) mass is 640 g/mol. The number of rotatable bonds is 12. The summed E-state index contributed by atoms with van der Waals surface area (Å²) in [5.41, 5.74) is 1.28. The van der Waals surface area contributed by atoms with Crippen molar-refractivity contribution in [3.05, 3.63) is 35.0 Å². The van der Waals surface area contributed by atoms with E-state index in [1.807, 2.05) is 26.0 Å². The molecule has 3 amide bonds. The van der Waals surface area contributed by atoms with Crippen LogP contribution in [0.4, 0.5) is 4.79 Å². The van der Waals surface area contributed by atoms with Crippen molar-refractivity contribution in [3.63, 3.8) is 0 Å². The highest BCUT2D eigenvalue weighted by atomic mass is 16.6. The molecule has 0 spiro atoms. The Balaban J connectivity index is 1.61. The molecule has 2 aromatic rings. The van der Waals surface area contributed by atoms with E-state index < -0.39 is 35.6 Å². The third-order valence-corrected chi connectivity index (χ3v) is 8.40. The second-order valence-electron chi connectivity index (χ2n) is 11.5. The largest absolute Gasteiger partial charge is 0.475 e. The number of nitrogens with one attached hydrogen (secondary N) is 1. The number of hydrogen-bond acceptors (Lipinski definition) is 10. The van der Waals surface area contributed by atoms with Crippen LogP contribution in [0.15, 0.2) is 18.2 Å². The lowest BCUT2D eigenvalue weighted by molar-refractivity contribution is -0.169. The normalized spacial score (nSPS) is 16.2. The number of benzene rings is 1. The van der Waals surface area contributed by atoms with E-state index in [1.54, 1.807) is 25.7 Å². The summed E-state index contributed by atoms with van der Waals surface area (Å²) >= 11 is 0. The van der Waals surface area contributed by atoms with Gasteiger partial charge in [-0.25, -0.2) is 14.6 Å². The lowest BCUT2D eigenvalue weighted by Gasteiger charge is -2.39. The van der Waals surface area contributed by atoms with E-state index in [4.69, 9.17) is 18.9 Å². The maximum atomic E-state index is 13.8. The first-order valence-electron chi connectivity index (χ1n) is 16.0. The van der Waals surface area contributed by atoms with Gasteiger partial charge in [0.05, 0.1) is 25.3 Å². The summed E-state index contributed by atoms with van der Waals surface area (Å²) in [5, 5.41) is 3.42. The van der Waals surface area contributed by atoms with Crippen LogP contribution in [0.5, 0.6) is 5.75 Å². The molecule has 0 bridgehead atoms. The van der Waals surface area contributed by atoms with E-state index >= 15 is 0 Å². The highest BCUT2D eigenvalue weighted by molar-refractivity contribution is 6.00. The third-order valence-electron chi connectivity index (χ3n) is 8.40. The fourth-order valence-electron chi connectivity index (χ4n) is 5.50. The SMILES string of the molecule is CCOC(=O)CCC(NC(=O)c1cc(OC2(C(=O)OCC)CCC2)c2cc(C)c(C)cc2n1)C(=O)N1CCN(C(=O)OCC)CC1. The average molecular weight is 641 g/mol. The topological polar surface area (TPSA) is 154 Å². The molecule has 1 aliphatic heterocycles. The van der Waals surface area contributed by atoms with Crippen LogP contribution in [0.25, 0.3) is 10.9 Å². The van der Waals surface area contributed by atoms with Crippen LogP contribution in [-0.4, -0.2) is 102 Å². The lowest BCUT2D eigenvalue weighted by atomic mass is 9.80. The molecule has 1 aromatic heterocycles. The first kappa shape index (κ1) is 34.5. The summed E-state index contributed by atoms with van der Waals surface area (Å²) < 4.78 is 21.8. The van der Waals surface area contributed by atoms with Gasteiger partial charge >= 0.3 is 18.0 Å². The highest BCUT2D eigenvalue weighted by Crippen LogP contribution is 2.40. The molecule has 1 aromatic carbocycles. The molecule has 2 heterocycles. The molecule has 13 nitrogen and oxygen atoms in total. The minimum Gasteiger partial charge on any atom is -0.475 e. The van der Waals surface area contributed by atoms with Gasteiger partial charge in [0.25, 0.3) is 5.91 Å². The smallest absolute Gasteiger partial charge is 0.409 e. The summed E-state index contributed by atoms with van der Waals surface area (Å²) in [5.74, 6) is -1.65. The molecular weight excluding hydrogens is 596 g/mol. The molecular formula is C33H44N4O9. The zero-order valence-corrected chi connectivity index (χ0v) is 27.3. The molecule has 1 unspecified atom stereocenters. The number of nitrogens with zero attached hydrogens (tertiary/aromatic N) is 3. The van der Waals surface area contributed by atoms with E-state index in [-0.39, 0.29) is 70.4 Å². The van der Waals surface area contributed by atoms with Crippen LogP contribution < -0.4 is 10.1 Å². The van der Waals surface area contributed by atoms with Gasteiger partial charge in [-0.3, -0.25) is 14.4 Å². The van der Waals surface area contributed by atoms with Gasteiger partial charge in [0, 0.05) is 44.1 Å². The van der Waals surface area contributed by atoms with Crippen LogP contribution >= 0.6 is 0 Å². The Bertz CT molecular complexity index is 1460. The summed E-state index contributed by atoms with van der Waals surface area (Å²) in [7, 11) is 0. The maximum absolute atomic E-state index is 13.8. The number of aromatic nitrogens is 1. The van der Waals surface area contributed by atoms with E-state index in [2.05, 4.69) is 10.3 Å². The summed E-state index contributed by atoms with van der Waals surface area (Å²) in [4.78, 5) is 72.4. The van der Waals surface area contributed by atoms with Gasteiger partial charge in [0.15, 0.2) is 0 Å². The number of amides is 3. The molecule has 250 valence electrons. The van der Waals surface area contributed by atoms with Gasteiger partial charge in [-0.2, -0.15) is 0 Å². The van der Waals surface area contributed by atoms with Crippen molar-refractivity contribution in [1.82, 2.24) is 20.1 Å². The predicted octanol–water partition coefficient (Wildman–Crippen LogP) is 3.46. The van der Waals surface area contributed by atoms with Crippen LogP contribution in [0, 0.1) is 13.8 Å². The molecule has 2 fully saturated rings. The first-order chi connectivity index (χ1) is 22.0. The van der Waals surface area contributed by atoms with Crippen molar-refractivity contribution in [2.75, 3.05) is 46.0 Å². The van der Waals surface area contributed by atoms with Crippen molar-refractivity contribution < 1.29 is 42.9 Å². The van der Waals surface area contributed by atoms with Gasteiger partial charge in [-0.1, -0.05) is 0 Å². The number of esters is 2. The Morgan fingerprint density at radius 2 is 1.50 bits per heavy atom. The molecule has 4 rings (SSSR count). The number of pyridine rings is 1. The Hall–Kier alpha value is -4.42. The standard InChI is InChI=1S/C33H44N4O9/c1-6-43-28(38)11-10-24(30(40)36-14-16-37(17-15-36)32(42)45-8-3)35-29(39)26-20-27(23-18-21(4)22(5)19-25(23)34-26)46-33(12-9-13-33)31(41)44-7-2/h18-20,24H,6-17H2,1-5H3,(H,35,39). The van der Waals surface area contributed by atoms with Gasteiger partial charge < -0.3 is 34.1 Å². The van der Waals surface area contributed by atoms with Crippen LogP contribution in [0.2, 0.25) is 0 Å². The van der Waals surface area contributed by atoms with Crippen LogP contribution in [0.3, 0.4) is 0 Å². The minimum absolute atomic E-state index is 0.00269. The van der Waals surface area contributed by atoms with Gasteiger partial charge in [0.1, 0.15) is 17.5 Å². The van der Waals surface area contributed by atoms with Gasteiger partial charge in [0.2, 0.25) is 11.5 Å². The minimum atomic E-state index is -1.15. The number of aryl methyl sites for hydroxylation is 2. The molecule has 1 saturated carbocycles. The van der Waals surface area contributed by atoms with E-state index in [0.29, 0.717) is 29.5 Å². The van der Waals surface area contributed by atoms with Crippen LogP contribution in [-0.2, 0) is 28.6 Å². The summed E-state index contributed by atoms with van der Waals surface area (Å²) in [6.07, 6.45) is 1.23. The van der Waals surface area contributed by atoms with E-state index in [1.165, 1.54) is 11.0 Å². The van der Waals surface area contributed by atoms with Gasteiger partial charge in [-0.05, 0) is 83.6 Å². The van der Waals surface area contributed by atoms with E-state index in [9.17, 15) is 24.0 Å². The molecule has 1 N–H and O–H groups in total. The first-order valence-corrected chi connectivity index (χ1v) is 16.0. The number of hydrogen-bond donors (Lipinski definition) is 1. The molecule has 13 heteroatoms. The average Bonchev–Trinajstić information content (AvgIpc) is 3.01. The van der Waals surface area contributed by atoms with Crippen molar-refractivity contribution in [2.45, 2.75) is 78.4 Å². The molecule has 46 heavy (non-hydrogen) atoms. The maximum Gasteiger partial charge on any atom is 0.409 e. The zero-order valence-electron chi connectivity index (χ0n) is 27.3. The van der Waals surface area contributed by atoms with Crippen molar-refractivity contribution in [1.29, 1.82) is 0 Å². The van der Waals surface area contributed by atoms with E-state index in [0.717, 1.165) is 17.5 Å². The number of carbonyl (C=O) groups is 5. The molecule has 2 aliphatic rings. The Morgan fingerprint density at radius 3 is 2.11 bits per heavy atom. The Morgan fingerprint density at radius 1 is 0.870 bits per heavy atom. The summed E-state index contributed by atoms with van der Waals surface area (Å²) in [6.45, 7) is 10.7. The van der Waals surface area contributed by atoms with Crippen LogP contribution in [0.1, 0.15) is 74.5 Å². The fourth-order valence-corrected chi connectivity index (χ4v) is 5.50. The Kier molecular flexibility index (Phi) is 11.4. The second kappa shape index (κ2) is 15.2. The second-order valence-corrected chi connectivity index (χ2v) is 11.5. The third kappa shape index (κ3) is 7.86. The predicted molar refractivity (Wildman–Crippen MR) is 167 cm³/mol. The number of piperazine rings is 1. The zero-order chi connectivity index (χ0) is 33.4. The number of ether oxygens (including phenoxy) is 4. The number of fused-ring (bicyclic) bond motifs is 1. The molecule has 0 radical (unpaired) electrons. The quantitative estimate of drug-likeness (QED) is 0.270. The fraction of sp³-hybridized carbons (Fsp3) is 0.576. The Labute approximate surface area is 268 Å². The lowest BCUT2D eigenvalue weighted by Crippen LogP contribution is -2.56. The number of carbonyl (C=O) groups excluding carboxylic acids is 5.